The number of nitriles is 2. The Balaban J connectivity index is 2.27. The molecule has 24 heavy (non-hydrogen) atoms. The van der Waals surface area contributed by atoms with Gasteiger partial charge in [0.1, 0.15) is 5.54 Å². The van der Waals surface area contributed by atoms with Crippen LogP contribution in [0.1, 0.15) is 31.7 Å². The fourth-order valence-electron chi connectivity index (χ4n) is 2.82. The molecule has 1 heterocycles. The van der Waals surface area contributed by atoms with Crippen molar-refractivity contribution in [3.05, 3.63) is 34.9 Å². The number of hydrogen-bond donors (Lipinski definition) is 1. The molecule has 2 atom stereocenters. The van der Waals surface area contributed by atoms with Crippen LogP contribution < -0.4 is 5.32 Å². The molecule has 124 valence electrons. The third-order valence-electron chi connectivity index (χ3n) is 4.23. The zero-order valence-electron chi connectivity index (χ0n) is 13.3. The molecule has 2 rings (SSSR count). The Morgan fingerprint density at radius 3 is 2.50 bits per heavy atom. The van der Waals surface area contributed by atoms with Gasteiger partial charge < -0.3 is 5.32 Å². The van der Waals surface area contributed by atoms with E-state index in [0.29, 0.717) is 23.4 Å². The van der Waals surface area contributed by atoms with Crippen molar-refractivity contribution in [2.75, 3.05) is 6.54 Å². The minimum Gasteiger partial charge on any atom is -0.319 e. The van der Waals surface area contributed by atoms with E-state index in [-0.39, 0.29) is 18.9 Å². The Labute approximate surface area is 145 Å². The summed E-state index contributed by atoms with van der Waals surface area (Å²) in [6.07, 6.45) is 0.910. The lowest BCUT2D eigenvalue weighted by Crippen LogP contribution is -2.43. The van der Waals surface area contributed by atoms with Gasteiger partial charge in [0.25, 0.3) is 5.91 Å². The van der Waals surface area contributed by atoms with Crippen molar-refractivity contribution in [3.8, 4) is 12.1 Å². The molecule has 1 aromatic rings. The van der Waals surface area contributed by atoms with Crippen molar-refractivity contribution < 1.29 is 9.59 Å². The normalized spacial score (nSPS) is 21.1. The molecule has 0 bridgehead atoms. The van der Waals surface area contributed by atoms with Crippen LogP contribution >= 0.6 is 11.6 Å². The molecule has 0 aliphatic carbocycles. The molecule has 1 aliphatic heterocycles. The van der Waals surface area contributed by atoms with Gasteiger partial charge in [-0.1, -0.05) is 30.7 Å². The Kier molecular flexibility index (Phi) is 5.43. The smallest absolute Gasteiger partial charge is 0.319 e. The van der Waals surface area contributed by atoms with Gasteiger partial charge in [-0.05, 0) is 30.5 Å². The number of rotatable bonds is 6. The fourth-order valence-corrected chi connectivity index (χ4v) is 2.95. The molecular formula is C17H17ClN4O2. The van der Waals surface area contributed by atoms with Gasteiger partial charge in [-0.2, -0.15) is 10.5 Å². The maximum absolute atomic E-state index is 12.9. The maximum atomic E-state index is 12.9. The van der Waals surface area contributed by atoms with Gasteiger partial charge in [0.05, 0.1) is 18.1 Å². The Morgan fingerprint density at radius 1 is 1.29 bits per heavy atom. The number of halogens is 1. The van der Waals surface area contributed by atoms with E-state index in [1.54, 1.807) is 24.3 Å². The molecule has 1 aliphatic rings. The van der Waals surface area contributed by atoms with E-state index in [4.69, 9.17) is 16.9 Å². The molecule has 3 amide bonds. The summed E-state index contributed by atoms with van der Waals surface area (Å²) >= 11 is 5.89. The van der Waals surface area contributed by atoms with Crippen LogP contribution in [-0.4, -0.2) is 23.4 Å². The molecule has 0 unspecified atom stereocenters. The summed E-state index contributed by atoms with van der Waals surface area (Å²) in [5.74, 6) is -0.938. The average molecular weight is 345 g/mol. The number of hydrogen-bond acceptors (Lipinski definition) is 4. The van der Waals surface area contributed by atoms with Gasteiger partial charge in [-0.25, -0.2) is 4.79 Å². The summed E-state index contributed by atoms with van der Waals surface area (Å²) in [7, 11) is 0. The number of nitrogens with one attached hydrogen (secondary N) is 1. The molecule has 0 radical (unpaired) electrons. The first-order valence-electron chi connectivity index (χ1n) is 7.65. The van der Waals surface area contributed by atoms with Crippen molar-refractivity contribution in [1.29, 1.82) is 10.5 Å². The highest BCUT2D eigenvalue weighted by molar-refractivity contribution is 6.30. The molecule has 6 nitrogen and oxygen atoms in total. The SMILES string of the molecule is CC[C@]1(c2ccc(Cl)cc2)NC(=O)N(C[C@@H](C#N)CCC#N)C1=O. The lowest BCUT2D eigenvalue weighted by atomic mass is 9.87. The quantitative estimate of drug-likeness (QED) is 0.802. The second-order valence-electron chi connectivity index (χ2n) is 5.63. The lowest BCUT2D eigenvalue weighted by Gasteiger charge is -2.26. The third-order valence-corrected chi connectivity index (χ3v) is 4.49. The van der Waals surface area contributed by atoms with Gasteiger partial charge >= 0.3 is 6.03 Å². The standard InChI is InChI=1S/C17H17ClN4O2/c1-2-17(13-5-7-14(18)8-6-13)15(23)22(16(24)21-17)11-12(10-20)4-3-9-19/h5-8,12H,2-4,11H2,1H3,(H,21,24)/t12-,17-/m1/s1. The van der Waals surface area contributed by atoms with E-state index in [1.165, 1.54) is 0 Å². The summed E-state index contributed by atoms with van der Waals surface area (Å²) in [4.78, 5) is 26.3. The zero-order valence-corrected chi connectivity index (χ0v) is 14.0. The van der Waals surface area contributed by atoms with Crippen molar-refractivity contribution >= 4 is 23.5 Å². The van der Waals surface area contributed by atoms with E-state index < -0.39 is 17.5 Å². The molecular weight excluding hydrogens is 328 g/mol. The van der Waals surface area contributed by atoms with Crippen LogP contribution in [0.4, 0.5) is 4.79 Å². The Morgan fingerprint density at radius 2 is 1.96 bits per heavy atom. The number of carbonyl (C=O) groups excluding carboxylic acids is 2. The zero-order chi connectivity index (χ0) is 17.7. The molecule has 0 aromatic heterocycles. The highest BCUT2D eigenvalue weighted by atomic mass is 35.5. The van der Waals surface area contributed by atoms with E-state index in [0.717, 1.165) is 4.90 Å². The lowest BCUT2D eigenvalue weighted by molar-refractivity contribution is -0.132. The predicted molar refractivity (Wildman–Crippen MR) is 87.6 cm³/mol. The summed E-state index contributed by atoms with van der Waals surface area (Å²) in [5.41, 5.74) is -0.488. The fraction of sp³-hybridized carbons (Fsp3) is 0.412. The average Bonchev–Trinajstić information content (AvgIpc) is 2.83. The largest absolute Gasteiger partial charge is 0.325 e. The number of carbonyl (C=O) groups is 2. The second-order valence-corrected chi connectivity index (χ2v) is 6.07. The summed E-state index contributed by atoms with van der Waals surface area (Å²) in [6, 6.07) is 10.3. The van der Waals surface area contributed by atoms with Crippen LogP contribution in [0.5, 0.6) is 0 Å². The minimum atomic E-state index is -1.14. The van der Waals surface area contributed by atoms with Crippen LogP contribution in [0, 0.1) is 28.6 Å². The number of urea groups is 1. The Bertz CT molecular complexity index is 720. The van der Waals surface area contributed by atoms with Crippen molar-refractivity contribution in [2.45, 2.75) is 31.7 Å². The van der Waals surface area contributed by atoms with Gasteiger partial charge in [-0.3, -0.25) is 9.69 Å². The van der Waals surface area contributed by atoms with Crippen LogP contribution in [0.25, 0.3) is 0 Å². The highest BCUT2D eigenvalue weighted by Gasteiger charge is 2.51. The highest BCUT2D eigenvalue weighted by Crippen LogP contribution is 2.33. The van der Waals surface area contributed by atoms with Crippen LogP contribution in [0.15, 0.2) is 24.3 Å². The van der Waals surface area contributed by atoms with E-state index in [1.807, 2.05) is 13.0 Å². The van der Waals surface area contributed by atoms with Crippen molar-refractivity contribution in [3.63, 3.8) is 0 Å². The van der Waals surface area contributed by atoms with Gasteiger partial charge in [0.2, 0.25) is 0 Å². The van der Waals surface area contributed by atoms with Crippen LogP contribution in [0.3, 0.4) is 0 Å². The van der Waals surface area contributed by atoms with E-state index in [2.05, 4.69) is 11.4 Å². The first-order chi connectivity index (χ1) is 11.5. The first kappa shape index (κ1) is 17.8. The molecule has 0 spiro atoms. The van der Waals surface area contributed by atoms with Gasteiger partial charge in [0.15, 0.2) is 0 Å². The van der Waals surface area contributed by atoms with Crippen LogP contribution in [0.2, 0.25) is 5.02 Å². The van der Waals surface area contributed by atoms with Crippen molar-refractivity contribution in [2.24, 2.45) is 5.92 Å². The topological polar surface area (TPSA) is 97.0 Å². The number of nitrogens with zero attached hydrogens (tertiary/aromatic N) is 3. The molecule has 7 heteroatoms. The van der Waals surface area contributed by atoms with E-state index >= 15 is 0 Å². The monoisotopic (exact) mass is 344 g/mol. The first-order valence-corrected chi connectivity index (χ1v) is 8.03. The minimum absolute atomic E-state index is 0.0157. The molecule has 1 N–H and O–H groups in total. The maximum Gasteiger partial charge on any atom is 0.325 e. The predicted octanol–water partition coefficient (Wildman–Crippen LogP) is 2.94. The molecule has 1 saturated heterocycles. The molecule has 1 fully saturated rings. The molecule has 1 aromatic carbocycles. The Hall–Kier alpha value is -2.57. The second kappa shape index (κ2) is 7.33. The number of imide groups is 1. The number of benzene rings is 1. The van der Waals surface area contributed by atoms with Gasteiger partial charge in [-0.15, -0.1) is 0 Å². The van der Waals surface area contributed by atoms with Crippen LogP contribution in [-0.2, 0) is 10.3 Å². The van der Waals surface area contributed by atoms with Crippen molar-refractivity contribution in [1.82, 2.24) is 10.2 Å². The summed E-state index contributed by atoms with van der Waals surface area (Å²) < 4.78 is 0. The summed E-state index contributed by atoms with van der Waals surface area (Å²) in [6.45, 7) is 1.80. The van der Waals surface area contributed by atoms with E-state index in [9.17, 15) is 14.9 Å². The summed E-state index contributed by atoms with van der Waals surface area (Å²) in [5, 5.41) is 21.1. The molecule has 0 saturated carbocycles. The van der Waals surface area contributed by atoms with Gasteiger partial charge in [0, 0.05) is 18.0 Å². The number of amides is 3. The third kappa shape index (κ3) is 3.20.